The Hall–Kier alpha value is -1.61. The second-order valence-corrected chi connectivity index (χ2v) is 6.64. The van der Waals surface area contributed by atoms with Crippen LogP contribution in [0.15, 0.2) is 5.16 Å². The number of nitrogens with two attached hydrogens (primary N) is 1. The first-order valence-corrected chi connectivity index (χ1v) is 7.97. The van der Waals surface area contributed by atoms with Crippen LogP contribution in [0.1, 0.15) is 41.0 Å². The molecule has 0 radical (unpaired) electrons. The molecule has 1 heterocycles. The smallest absolute Gasteiger partial charge is 0.410 e. The molecule has 1 aliphatic rings. The molecule has 0 spiro atoms. The minimum absolute atomic E-state index is 0.00102. The van der Waals surface area contributed by atoms with Gasteiger partial charge in [0.25, 0.3) is 0 Å². The Labute approximate surface area is 141 Å². The van der Waals surface area contributed by atoms with Gasteiger partial charge >= 0.3 is 6.09 Å². The first-order valence-electron chi connectivity index (χ1n) is 7.97. The van der Waals surface area contributed by atoms with Crippen molar-refractivity contribution in [1.82, 2.24) is 4.90 Å². The predicted molar refractivity (Wildman–Crippen MR) is 85.6 cm³/mol. The summed E-state index contributed by atoms with van der Waals surface area (Å²) in [6.07, 6.45) is -3.60. The van der Waals surface area contributed by atoms with Gasteiger partial charge in [0.1, 0.15) is 17.9 Å². The Kier molecular flexibility index (Phi) is 7.22. The Bertz CT molecular complexity index is 455. The highest BCUT2D eigenvalue weighted by Gasteiger charge is 2.44. The summed E-state index contributed by atoms with van der Waals surface area (Å²) in [6.45, 7) is 8.85. The largest absolute Gasteiger partial charge is 0.444 e. The molecule has 0 saturated carbocycles. The van der Waals surface area contributed by atoms with Crippen LogP contribution in [0.25, 0.3) is 0 Å². The zero-order valence-electron chi connectivity index (χ0n) is 14.9. The van der Waals surface area contributed by atoms with Crippen molar-refractivity contribution in [2.24, 2.45) is 10.9 Å². The molecular weight excluding hydrogens is 321 g/mol. The van der Waals surface area contributed by atoms with Gasteiger partial charge in [-0.3, -0.25) is 4.90 Å². The summed E-state index contributed by atoms with van der Waals surface area (Å²) in [5.74, 6) is -0.255. The summed E-state index contributed by atoms with van der Waals surface area (Å²) in [5.41, 5.74) is 4.97. The van der Waals surface area contributed by atoms with Crippen molar-refractivity contribution in [2.75, 3.05) is 13.2 Å². The van der Waals surface area contributed by atoms with Gasteiger partial charge in [0.05, 0.1) is 12.6 Å². The molecule has 0 aromatic carbocycles. The molecular formula is C15H28FN3O5. The molecule has 0 aromatic rings. The van der Waals surface area contributed by atoms with Gasteiger partial charge in [-0.2, -0.15) is 0 Å². The van der Waals surface area contributed by atoms with E-state index in [4.69, 9.17) is 25.2 Å². The molecule has 0 aromatic heterocycles. The third kappa shape index (κ3) is 5.79. The Balaban J connectivity index is 2.98. The second-order valence-electron chi connectivity index (χ2n) is 6.64. The molecule has 1 fully saturated rings. The van der Waals surface area contributed by atoms with Gasteiger partial charge in [-0.15, -0.1) is 0 Å². The third-order valence-corrected chi connectivity index (χ3v) is 3.42. The summed E-state index contributed by atoms with van der Waals surface area (Å²) in [7, 11) is 0. The highest BCUT2D eigenvalue weighted by Crippen LogP contribution is 2.27. The van der Waals surface area contributed by atoms with E-state index in [-0.39, 0.29) is 18.8 Å². The van der Waals surface area contributed by atoms with E-state index in [1.54, 1.807) is 34.6 Å². The molecule has 8 nitrogen and oxygen atoms in total. The summed E-state index contributed by atoms with van der Waals surface area (Å²) < 4.78 is 30.2. The molecule has 24 heavy (non-hydrogen) atoms. The number of carbonyl (C=O) groups excluding carboxylic acids is 1. The lowest BCUT2D eigenvalue weighted by Gasteiger charge is -2.33. The lowest BCUT2D eigenvalue weighted by Crippen LogP contribution is -2.52. The van der Waals surface area contributed by atoms with E-state index in [1.165, 1.54) is 4.90 Å². The first kappa shape index (κ1) is 20.4. The average molecular weight is 349 g/mol. The maximum absolute atomic E-state index is 14.0. The zero-order valence-corrected chi connectivity index (χ0v) is 14.9. The number of hydrogen-bond acceptors (Lipinski definition) is 6. The molecule has 1 amide bonds. The van der Waals surface area contributed by atoms with Crippen molar-refractivity contribution >= 4 is 11.9 Å². The maximum atomic E-state index is 14.0. The number of oxime groups is 1. The number of alkyl halides is 1. The van der Waals surface area contributed by atoms with Crippen molar-refractivity contribution in [3.8, 4) is 0 Å². The summed E-state index contributed by atoms with van der Waals surface area (Å²) in [4.78, 5) is 13.6. The number of halogens is 1. The highest BCUT2D eigenvalue weighted by molar-refractivity contribution is 5.86. The van der Waals surface area contributed by atoms with Gasteiger partial charge in [-0.05, 0) is 34.6 Å². The number of amidine groups is 1. The van der Waals surface area contributed by atoms with E-state index in [1.807, 2.05) is 0 Å². The molecule has 1 saturated heterocycles. The third-order valence-electron chi connectivity index (χ3n) is 3.42. The van der Waals surface area contributed by atoms with Crippen molar-refractivity contribution in [3.05, 3.63) is 0 Å². The Morgan fingerprint density at radius 3 is 2.62 bits per heavy atom. The number of rotatable bonds is 6. The van der Waals surface area contributed by atoms with Crippen LogP contribution in [0.4, 0.5) is 9.18 Å². The zero-order chi connectivity index (χ0) is 18.5. The fourth-order valence-electron chi connectivity index (χ4n) is 2.53. The standard InChI is InChI=1S/C15H28FN3O5/c1-6-22-9(2)23-12(13(17)18-21)11-7-10(16)8-19(11)14(20)24-15(3,4)5/h9-12,21H,6-8H2,1-5H3,(H2,17,18)/t9?,10-,11+,12?/m0/s1. The van der Waals surface area contributed by atoms with Gasteiger partial charge in [0, 0.05) is 13.0 Å². The van der Waals surface area contributed by atoms with Crippen LogP contribution >= 0.6 is 0 Å². The molecule has 140 valence electrons. The molecule has 4 atom stereocenters. The molecule has 1 rings (SSSR count). The Morgan fingerprint density at radius 2 is 2.12 bits per heavy atom. The van der Waals surface area contributed by atoms with Crippen LogP contribution in [-0.2, 0) is 14.2 Å². The lowest BCUT2D eigenvalue weighted by molar-refractivity contribution is -0.152. The molecule has 2 unspecified atom stereocenters. The molecule has 1 aliphatic heterocycles. The highest BCUT2D eigenvalue weighted by atomic mass is 19.1. The van der Waals surface area contributed by atoms with Gasteiger partial charge in [-0.25, -0.2) is 9.18 Å². The van der Waals surface area contributed by atoms with Gasteiger partial charge in [0.2, 0.25) is 0 Å². The van der Waals surface area contributed by atoms with E-state index < -0.39 is 36.3 Å². The molecule has 0 bridgehead atoms. The van der Waals surface area contributed by atoms with E-state index >= 15 is 0 Å². The average Bonchev–Trinajstić information content (AvgIpc) is 2.84. The van der Waals surface area contributed by atoms with Crippen LogP contribution in [-0.4, -0.2) is 65.4 Å². The van der Waals surface area contributed by atoms with Crippen molar-refractivity contribution in [3.63, 3.8) is 0 Å². The van der Waals surface area contributed by atoms with Crippen LogP contribution in [0, 0.1) is 0 Å². The van der Waals surface area contributed by atoms with Crippen molar-refractivity contribution in [1.29, 1.82) is 0 Å². The van der Waals surface area contributed by atoms with Crippen LogP contribution in [0.2, 0.25) is 0 Å². The number of carbonyl (C=O) groups is 1. The number of nitrogens with zero attached hydrogens (tertiary/aromatic N) is 2. The monoisotopic (exact) mass is 349 g/mol. The number of ether oxygens (including phenoxy) is 3. The quantitative estimate of drug-likeness (QED) is 0.249. The lowest BCUT2D eigenvalue weighted by atomic mass is 10.1. The van der Waals surface area contributed by atoms with E-state index in [0.29, 0.717) is 6.61 Å². The summed E-state index contributed by atoms with van der Waals surface area (Å²) >= 11 is 0. The fourth-order valence-corrected chi connectivity index (χ4v) is 2.53. The normalized spacial score (nSPS) is 24.8. The van der Waals surface area contributed by atoms with Crippen LogP contribution in [0.3, 0.4) is 0 Å². The summed E-state index contributed by atoms with van der Waals surface area (Å²) in [5, 5.41) is 12.0. The predicted octanol–water partition coefficient (Wildman–Crippen LogP) is 1.85. The minimum atomic E-state index is -1.25. The first-order chi connectivity index (χ1) is 11.1. The Morgan fingerprint density at radius 1 is 1.50 bits per heavy atom. The van der Waals surface area contributed by atoms with Gasteiger partial charge in [0.15, 0.2) is 12.1 Å². The number of hydrogen-bond donors (Lipinski definition) is 2. The van der Waals surface area contributed by atoms with E-state index in [0.717, 1.165) is 0 Å². The molecule has 0 aliphatic carbocycles. The van der Waals surface area contributed by atoms with Gasteiger partial charge < -0.3 is 25.2 Å². The maximum Gasteiger partial charge on any atom is 0.410 e. The topological polar surface area (TPSA) is 107 Å². The van der Waals surface area contributed by atoms with Crippen LogP contribution < -0.4 is 5.73 Å². The SMILES string of the molecule is CCOC(C)OC(C(N)=NO)[C@H]1C[C@H](F)CN1C(=O)OC(C)(C)C. The fraction of sp³-hybridized carbons (Fsp3) is 0.867. The molecule has 9 heteroatoms. The molecule has 3 N–H and O–H groups in total. The van der Waals surface area contributed by atoms with Gasteiger partial charge in [-0.1, -0.05) is 5.16 Å². The number of likely N-dealkylation sites (tertiary alicyclic amines) is 1. The van der Waals surface area contributed by atoms with Crippen molar-refractivity contribution < 1.29 is 28.6 Å². The second kappa shape index (κ2) is 8.48. The summed E-state index contributed by atoms with van der Waals surface area (Å²) in [6, 6.07) is -0.756. The number of amides is 1. The van der Waals surface area contributed by atoms with E-state index in [9.17, 15) is 9.18 Å². The van der Waals surface area contributed by atoms with Crippen LogP contribution in [0.5, 0.6) is 0 Å². The van der Waals surface area contributed by atoms with Crippen molar-refractivity contribution in [2.45, 2.75) is 71.2 Å². The minimum Gasteiger partial charge on any atom is -0.444 e. The van der Waals surface area contributed by atoms with E-state index in [2.05, 4.69) is 5.16 Å².